The van der Waals surface area contributed by atoms with Crippen LogP contribution in [0.2, 0.25) is 0 Å². The van der Waals surface area contributed by atoms with Gasteiger partial charge >= 0.3 is 0 Å². The Labute approximate surface area is 148 Å². The fourth-order valence-electron chi connectivity index (χ4n) is 1.95. The third kappa shape index (κ3) is 5.83. The molecule has 0 bridgehead atoms. The van der Waals surface area contributed by atoms with Crippen molar-refractivity contribution in [2.24, 2.45) is 0 Å². The molecule has 0 aliphatic rings. The second kappa shape index (κ2) is 8.53. The summed E-state index contributed by atoms with van der Waals surface area (Å²) < 4.78 is 0. The molecule has 0 heterocycles. The van der Waals surface area contributed by atoms with E-state index in [-0.39, 0.29) is 5.56 Å². The van der Waals surface area contributed by atoms with Crippen LogP contribution in [-0.4, -0.2) is 20.7 Å². The lowest BCUT2D eigenvalue weighted by atomic mass is 10.1. The van der Waals surface area contributed by atoms with E-state index in [1.54, 1.807) is 25.1 Å². The van der Waals surface area contributed by atoms with Crippen molar-refractivity contribution >= 4 is 28.5 Å². The normalized spacial score (nSPS) is 11.0. The minimum atomic E-state index is -0.778. The third-order valence-electron chi connectivity index (χ3n) is 3.21. The summed E-state index contributed by atoms with van der Waals surface area (Å²) in [6.07, 6.45) is -0.513. The molecule has 1 atom stereocenters. The Hall–Kier alpha value is -3.53. The Balaban J connectivity index is 0.000000273. The smallest absolute Gasteiger partial charge is 0.277 e. The summed E-state index contributed by atoms with van der Waals surface area (Å²) in [6.45, 7) is 2.86. The number of aliphatic hydroxyl groups excluding tert-OH is 1. The summed E-state index contributed by atoms with van der Waals surface area (Å²) >= 11 is 0. The van der Waals surface area contributed by atoms with Crippen molar-refractivity contribution in [1.82, 2.24) is 0 Å². The van der Waals surface area contributed by atoms with E-state index in [1.807, 2.05) is 0 Å². The highest BCUT2D eigenvalue weighted by molar-refractivity contribution is 5.95. The van der Waals surface area contributed by atoms with Gasteiger partial charge in [-0.05, 0) is 37.6 Å². The molecule has 0 saturated carbocycles. The standard InChI is InChI=1S/C8H6N2O5.C8H12N2O/c1-5(11)6-2-7(9(12)13)4-8(3-6)10(14)15;1-5(11)6-2-7(9)4-8(10)3-6/h2-4H,1H3;2-5,11H,9-10H2,1H3. The van der Waals surface area contributed by atoms with E-state index in [9.17, 15) is 25.0 Å². The molecule has 0 amide bonds. The van der Waals surface area contributed by atoms with Gasteiger partial charge in [0.1, 0.15) is 0 Å². The molecule has 0 aromatic heterocycles. The number of non-ortho nitro benzene ring substituents is 2. The molecule has 10 heteroatoms. The number of benzene rings is 2. The summed E-state index contributed by atoms with van der Waals surface area (Å²) in [5.41, 5.74) is 12.0. The maximum Gasteiger partial charge on any atom is 0.277 e. The van der Waals surface area contributed by atoms with Gasteiger partial charge in [0.15, 0.2) is 5.78 Å². The minimum Gasteiger partial charge on any atom is -0.399 e. The van der Waals surface area contributed by atoms with Crippen LogP contribution in [0.4, 0.5) is 22.7 Å². The Bertz CT molecular complexity index is 751. The predicted octanol–water partition coefficient (Wildman–Crippen LogP) is 2.61. The monoisotopic (exact) mass is 362 g/mol. The average Bonchev–Trinajstić information content (AvgIpc) is 2.53. The first-order valence-electron chi connectivity index (χ1n) is 7.30. The first-order chi connectivity index (χ1) is 12.0. The zero-order valence-electron chi connectivity index (χ0n) is 14.1. The van der Waals surface area contributed by atoms with Gasteiger partial charge < -0.3 is 16.6 Å². The zero-order valence-corrected chi connectivity index (χ0v) is 14.1. The average molecular weight is 362 g/mol. The molecular weight excluding hydrogens is 344 g/mol. The highest BCUT2D eigenvalue weighted by Crippen LogP contribution is 2.22. The van der Waals surface area contributed by atoms with E-state index >= 15 is 0 Å². The molecule has 0 saturated heterocycles. The highest BCUT2D eigenvalue weighted by Gasteiger charge is 2.17. The molecule has 1 unspecified atom stereocenters. The number of ketones is 1. The molecule has 10 nitrogen and oxygen atoms in total. The van der Waals surface area contributed by atoms with Crippen molar-refractivity contribution in [3.05, 3.63) is 67.8 Å². The second-order valence-electron chi connectivity index (χ2n) is 5.42. The summed E-state index contributed by atoms with van der Waals surface area (Å²) in [5, 5.41) is 30.0. The number of carbonyl (C=O) groups is 1. The van der Waals surface area contributed by atoms with Crippen LogP contribution in [0.1, 0.15) is 35.9 Å². The molecule has 0 fully saturated rings. The minimum absolute atomic E-state index is 0.0455. The number of hydrogen-bond acceptors (Lipinski definition) is 8. The molecule has 138 valence electrons. The topological polar surface area (TPSA) is 176 Å². The molecule has 0 radical (unpaired) electrons. The summed E-state index contributed by atoms with van der Waals surface area (Å²) in [6, 6.07) is 7.91. The number of hydrogen-bond donors (Lipinski definition) is 3. The maximum atomic E-state index is 10.9. The van der Waals surface area contributed by atoms with E-state index in [4.69, 9.17) is 16.6 Å². The van der Waals surface area contributed by atoms with Gasteiger partial charge in [0.05, 0.1) is 22.0 Å². The summed E-state index contributed by atoms with van der Waals surface area (Å²) in [4.78, 5) is 30.2. The highest BCUT2D eigenvalue weighted by atomic mass is 16.6. The van der Waals surface area contributed by atoms with Gasteiger partial charge in [-0.1, -0.05) is 0 Å². The van der Waals surface area contributed by atoms with Crippen molar-refractivity contribution in [2.45, 2.75) is 20.0 Å². The third-order valence-corrected chi connectivity index (χ3v) is 3.21. The molecule has 2 aromatic rings. The van der Waals surface area contributed by atoms with Crippen LogP contribution in [0.5, 0.6) is 0 Å². The van der Waals surface area contributed by atoms with Crippen LogP contribution in [0.15, 0.2) is 36.4 Å². The SMILES string of the molecule is CC(=O)c1cc([N+](=O)[O-])cc([N+](=O)[O-])c1.CC(O)c1cc(N)cc(N)c1. The number of nitro benzene ring substituents is 2. The first kappa shape index (κ1) is 20.5. The molecule has 0 aliphatic carbocycles. The number of Topliss-reactive ketones (excluding diaryl/α,β-unsaturated/α-hetero) is 1. The Morgan fingerprint density at radius 1 is 0.962 bits per heavy atom. The van der Waals surface area contributed by atoms with Crippen LogP contribution >= 0.6 is 0 Å². The molecule has 0 spiro atoms. The van der Waals surface area contributed by atoms with Crippen LogP contribution in [-0.2, 0) is 0 Å². The van der Waals surface area contributed by atoms with Crippen molar-refractivity contribution in [3.63, 3.8) is 0 Å². The number of aliphatic hydroxyl groups is 1. The van der Waals surface area contributed by atoms with Gasteiger partial charge in [0.25, 0.3) is 11.4 Å². The van der Waals surface area contributed by atoms with Gasteiger partial charge in [-0.2, -0.15) is 0 Å². The van der Waals surface area contributed by atoms with Gasteiger partial charge in [-0.3, -0.25) is 25.0 Å². The Morgan fingerprint density at radius 3 is 1.69 bits per heavy atom. The molecular formula is C16H18N4O6. The number of nitrogens with two attached hydrogens (primary N) is 2. The maximum absolute atomic E-state index is 10.9. The van der Waals surface area contributed by atoms with Crippen LogP contribution < -0.4 is 11.5 Å². The fourth-order valence-corrected chi connectivity index (χ4v) is 1.95. The predicted molar refractivity (Wildman–Crippen MR) is 95.7 cm³/mol. The number of rotatable bonds is 4. The van der Waals surface area contributed by atoms with Gasteiger partial charge in [-0.15, -0.1) is 0 Å². The van der Waals surface area contributed by atoms with E-state index in [2.05, 4.69) is 0 Å². The lowest BCUT2D eigenvalue weighted by Crippen LogP contribution is -1.98. The fraction of sp³-hybridized carbons (Fsp3) is 0.188. The van der Waals surface area contributed by atoms with Crippen LogP contribution in [0, 0.1) is 20.2 Å². The number of nitrogen functional groups attached to an aromatic ring is 2. The Morgan fingerprint density at radius 2 is 1.38 bits per heavy atom. The lowest BCUT2D eigenvalue weighted by molar-refractivity contribution is -0.394. The molecule has 2 rings (SSSR count). The molecule has 2 aromatic carbocycles. The molecule has 0 aliphatic heterocycles. The second-order valence-corrected chi connectivity index (χ2v) is 5.42. The largest absolute Gasteiger partial charge is 0.399 e. The van der Waals surface area contributed by atoms with Crippen molar-refractivity contribution in [2.75, 3.05) is 11.5 Å². The number of anilines is 2. The van der Waals surface area contributed by atoms with E-state index < -0.39 is 33.1 Å². The zero-order chi connectivity index (χ0) is 20.0. The van der Waals surface area contributed by atoms with Crippen LogP contribution in [0.3, 0.4) is 0 Å². The molecule has 5 N–H and O–H groups in total. The first-order valence-corrected chi connectivity index (χ1v) is 7.30. The Kier molecular flexibility index (Phi) is 6.73. The number of nitro groups is 2. The molecule has 26 heavy (non-hydrogen) atoms. The van der Waals surface area contributed by atoms with E-state index in [0.29, 0.717) is 11.4 Å². The summed E-state index contributed by atoms with van der Waals surface area (Å²) in [7, 11) is 0. The van der Waals surface area contributed by atoms with Gasteiger partial charge in [-0.25, -0.2) is 0 Å². The van der Waals surface area contributed by atoms with E-state index in [1.165, 1.54) is 6.92 Å². The quantitative estimate of drug-likeness (QED) is 0.321. The summed E-state index contributed by atoms with van der Waals surface area (Å²) in [5.74, 6) is -0.457. The lowest BCUT2D eigenvalue weighted by Gasteiger charge is -2.06. The number of carbonyl (C=O) groups excluding carboxylic acids is 1. The van der Waals surface area contributed by atoms with Crippen LogP contribution in [0.25, 0.3) is 0 Å². The number of nitrogens with zero attached hydrogens (tertiary/aromatic N) is 2. The van der Waals surface area contributed by atoms with E-state index in [0.717, 1.165) is 23.8 Å². The van der Waals surface area contributed by atoms with Crippen molar-refractivity contribution in [1.29, 1.82) is 0 Å². The van der Waals surface area contributed by atoms with Crippen molar-refractivity contribution in [3.8, 4) is 0 Å². The van der Waals surface area contributed by atoms with Crippen molar-refractivity contribution < 1.29 is 19.7 Å². The van der Waals surface area contributed by atoms with Gasteiger partial charge in [0, 0.05) is 29.1 Å². The van der Waals surface area contributed by atoms with Gasteiger partial charge in [0.2, 0.25) is 0 Å².